The number of rotatable bonds is 25. The molecule has 0 saturated carbocycles. The minimum absolute atomic E-state index is 0.0267. The minimum Gasteiger partial charge on any atom is -0.386 e. The number of aldehydes is 1. The van der Waals surface area contributed by atoms with Gasteiger partial charge in [0.15, 0.2) is 22.8 Å². The summed E-state index contributed by atoms with van der Waals surface area (Å²) < 4.78 is 62.1. The minimum atomic E-state index is -5.58. The van der Waals surface area contributed by atoms with E-state index in [9.17, 15) is 62.7 Å². The second-order valence-corrected chi connectivity index (χ2v) is 18.4. The van der Waals surface area contributed by atoms with Crippen LogP contribution in [-0.2, 0) is 55.5 Å². The largest absolute Gasteiger partial charge is 0.481 e. The van der Waals surface area contributed by atoms with Crippen molar-refractivity contribution in [2.75, 3.05) is 37.8 Å². The first-order valence-corrected chi connectivity index (χ1v) is 22.5. The zero-order valence-corrected chi connectivity index (χ0v) is 34.1. The van der Waals surface area contributed by atoms with E-state index >= 15 is 0 Å². The van der Waals surface area contributed by atoms with Crippen molar-refractivity contribution in [2.24, 2.45) is 5.41 Å². The lowest BCUT2D eigenvalue weighted by Gasteiger charge is -2.30. The van der Waals surface area contributed by atoms with Gasteiger partial charge in [-0.15, -0.1) is 0 Å². The lowest BCUT2D eigenvalue weighted by atomic mass is 9.87. The first-order valence-electron chi connectivity index (χ1n) is 17.0. The number of ether oxygens (including phenoxy) is 1. The number of nitrogens with zero attached hydrogens (tertiary/aromatic N) is 4. The maximum Gasteiger partial charge on any atom is 0.481 e. The van der Waals surface area contributed by atoms with Gasteiger partial charge < -0.3 is 55.7 Å². The Balaban J connectivity index is 1.45. The Morgan fingerprint density at radius 3 is 2.42 bits per heavy atom. The number of imidazole rings is 1. The van der Waals surface area contributed by atoms with Gasteiger partial charge in [0.25, 0.3) is 0 Å². The molecule has 1 saturated heterocycles. The number of carbonyl (C=O) groups is 4. The molecule has 1 aliphatic heterocycles. The highest BCUT2D eigenvalue weighted by molar-refractivity contribution is 8.13. The third-order valence-electron chi connectivity index (χ3n) is 7.97. The molecule has 1 fully saturated rings. The number of anilines is 1. The van der Waals surface area contributed by atoms with Crippen LogP contribution in [-0.4, -0.2) is 129 Å². The number of carbonyl (C=O) groups excluding carboxylic acids is 4. The fourth-order valence-electron chi connectivity index (χ4n) is 5.04. The van der Waals surface area contributed by atoms with E-state index in [1.165, 1.54) is 13.8 Å². The molecular weight excluding hydrogens is 847 g/mol. The fourth-order valence-corrected chi connectivity index (χ4v) is 8.59. The van der Waals surface area contributed by atoms with Crippen LogP contribution in [0.4, 0.5) is 5.82 Å². The summed E-state index contributed by atoms with van der Waals surface area (Å²) in [5.74, 6) is -1.15. The number of unbranched alkanes of at least 4 members (excludes halogenated alkanes) is 3. The average molecular weight is 894 g/mol. The van der Waals surface area contributed by atoms with Crippen LogP contribution in [0.25, 0.3) is 11.2 Å². The van der Waals surface area contributed by atoms with Crippen LogP contribution >= 0.6 is 35.2 Å². The monoisotopic (exact) mass is 893 g/mol. The standard InChI is InChI=1S/C28H46N7O18P3S/c1-28(2,23(40)26(41)31-9-8-18(37)30-10-12-57-19(38)7-5-3-4-6-11-36)14-50-56(47,48)53-55(45,46)49-13-17-22(52-54(42,43)44)21(39)27(51-17)35-16-34-20-24(29)32-15-33-25(20)35/h11,15-17,21-23,27,39-40H,3-10,12-14H2,1-2H3,(H,30,37)(H,31,41)(H,45,46)(H,47,48)(H2,29,32,33)(H2,42,43,44)/t17-,21-,22-,23+,27-/m1/s1. The van der Waals surface area contributed by atoms with Gasteiger partial charge in [-0.2, -0.15) is 4.31 Å². The van der Waals surface area contributed by atoms with Crippen molar-refractivity contribution in [3.05, 3.63) is 12.7 Å². The number of hydrogen-bond donors (Lipinski definition) is 9. The molecule has 1 aliphatic rings. The molecule has 0 aromatic carbocycles. The van der Waals surface area contributed by atoms with Crippen LogP contribution in [0.5, 0.6) is 0 Å². The number of phosphoric ester groups is 3. The van der Waals surface area contributed by atoms with Crippen LogP contribution in [0, 0.1) is 5.41 Å². The van der Waals surface area contributed by atoms with Crippen molar-refractivity contribution in [3.8, 4) is 0 Å². The second kappa shape index (κ2) is 21.5. The molecule has 0 spiro atoms. The lowest BCUT2D eigenvalue weighted by molar-refractivity contribution is -0.137. The van der Waals surface area contributed by atoms with Crippen molar-refractivity contribution >= 4 is 75.4 Å². The van der Waals surface area contributed by atoms with Gasteiger partial charge in [0.1, 0.15) is 42.5 Å². The van der Waals surface area contributed by atoms with Gasteiger partial charge >= 0.3 is 23.5 Å². The highest BCUT2D eigenvalue weighted by Gasteiger charge is 2.50. The molecule has 322 valence electrons. The van der Waals surface area contributed by atoms with E-state index in [0.717, 1.165) is 48.1 Å². The van der Waals surface area contributed by atoms with Gasteiger partial charge in [-0.3, -0.25) is 32.5 Å². The molecule has 25 nitrogen and oxygen atoms in total. The molecule has 57 heavy (non-hydrogen) atoms. The second-order valence-electron chi connectivity index (χ2n) is 13.1. The molecule has 2 amide bonds. The third kappa shape index (κ3) is 15.7. The quantitative estimate of drug-likeness (QED) is 0.0354. The Morgan fingerprint density at radius 1 is 1.04 bits per heavy atom. The average Bonchev–Trinajstić information content (AvgIpc) is 3.68. The predicted molar refractivity (Wildman–Crippen MR) is 196 cm³/mol. The van der Waals surface area contributed by atoms with Crippen molar-refractivity contribution in [1.29, 1.82) is 0 Å². The van der Waals surface area contributed by atoms with Gasteiger partial charge in [-0.25, -0.2) is 28.6 Å². The number of thioether (sulfide) groups is 1. The zero-order valence-electron chi connectivity index (χ0n) is 30.6. The molecule has 7 atom stereocenters. The van der Waals surface area contributed by atoms with Crippen LogP contribution in [0.15, 0.2) is 12.7 Å². The van der Waals surface area contributed by atoms with Gasteiger partial charge in [-0.1, -0.05) is 32.0 Å². The molecule has 3 rings (SSSR count). The Hall–Kier alpha value is -2.77. The summed E-state index contributed by atoms with van der Waals surface area (Å²) >= 11 is 1.06. The Kier molecular flexibility index (Phi) is 18.3. The molecule has 0 aliphatic carbocycles. The number of nitrogens with two attached hydrogens (primary N) is 1. The third-order valence-corrected chi connectivity index (χ3v) is 12.0. The van der Waals surface area contributed by atoms with Gasteiger partial charge in [-0.05, 0) is 12.8 Å². The fraction of sp³-hybridized carbons (Fsp3) is 0.679. The molecule has 0 bridgehead atoms. The van der Waals surface area contributed by atoms with E-state index in [2.05, 4.69) is 34.4 Å². The van der Waals surface area contributed by atoms with Crippen molar-refractivity contribution in [1.82, 2.24) is 30.2 Å². The lowest BCUT2D eigenvalue weighted by Crippen LogP contribution is -2.46. The number of amides is 2. The number of fused-ring (bicyclic) bond motifs is 1. The van der Waals surface area contributed by atoms with E-state index < -0.39 is 84.6 Å². The molecule has 10 N–H and O–H groups in total. The number of hydrogen-bond acceptors (Lipinski definition) is 19. The summed E-state index contributed by atoms with van der Waals surface area (Å²) in [7, 11) is -16.4. The molecule has 2 unspecified atom stereocenters. The van der Waals surface area contributed by atoms with E-state index in [0.29, 0.717) is 25.0 Å². The van der Waals surface area contributed by atoms with E-state index in [1.807, 2.05) is 0 Å². The smallest absolute Gasteiger partial charge is 0.386 e. The van der Waals surface area contributed by atoms with Crippen LogP contribution in [0.2, 0.25) is 0 Å². The first-order chi connectivity index (χ1) is 26.6. The molecule has 3 heterocycles. The van der Waals surface area contributed by atoms with E-state index in [4.69, 9.17) is 19.5 Å². The molecule has 0 radical (unpaired) electrons. The molecular formula is C28H46N7O18P3S. The summed E-state index contributed by atoms with van der Waals surface area (Å²) in [6, 6.07) is 0. The molecule has 29 heteroatoms. The van der Waals surface area contributed by atoms with E-state index in [1.54, 1.807) is 0 Å². The summed E-state index contributed by atoms with van der Waals surface area (Å²) in [5, 5.41) is 26.3. The molecule has 2 aromatic rings. The maximum absolute atomic E-state index is 12.7. The van der Waals surface area contributed by atoms with Crippen molar-refractivity contribution in [2.45, 2.75) is 83.0 Å². The van der Waals surface area contributed by atoms with Crippen molar-refractivity contribution in [3.63, 3.8) is 0 Å². The molecule has 2 aromatic heterocycles. The maximum atomic E-state index is 12.7. The van der Waals surface area contributed by atoms with Crippen LogP contribution < -0.4 is 16.4 Å². The Morgan fingerprint density at radius 2 is 1.74 bits per heavy atom. The number of aromatic nitrogens is 4. The summed E-state index contributed by atoms with van der Waals surface area (Å²) in [6.07, 6.45) is -3.15. The highest BCUT2D eigenvalue weighted by atomic mass is 32.2. The number of nitrogens with one attached hydrogen (secondary N) is 2. The topological polar surface area (TPSA) is 381 Å². The predicted octanol–water partition coefficient (Wildman–Crippen LogP) is -0.186. The van der Waals surface area contributed by atoms with Gasteiger partial charge in [0.05, 0.1) is 19.5 Å². The van der Waals surface area contributed by atoms with Crippen LogP contribution in [0.1, 0.15) is 58.6 Å². The van der Waals surface area contributed by atoms with Gasteiger partial charge in [0, 0.05) is 43.5 Å². The number of aliphatic hydroxyl groups excluding tert-OH is 2. The van der Waals surface area contributed by atoms with Crippen LogP contribution in [0.3, 0.4) is 0 Å². The summed E-state index contributed by atoms with van der Waals surface area (Å²) in [4.78, 5) is 97.7. The summed E-state index contributed by atoms with van der Waals surface area (Å²) in [5.41, 5.74) is 4.24. The Labute approximate surface area is 329 Å². The number of phosphoric acid groups is 3. The SMILES string of the molecule is CC(C)(COP(=O)(O)OP(=O)(O)OC[C@H]1O[C@@H](n2cnc3c(N)ncnc32)[C@H](O)[C@@H]1OP(=O)(O)O)[C@@H](O)C(=O)NCCC(=O)NCCSC(=O)CCCCCC=O. The van der Waals surface area contributed by atoms with Gasteiger partial charge in [0.2, 0.25) is 11.8 Å². The number of aliphatic hydroxyl groups is 2. The zero-order chi connectivity index (χ0) is 42.6. The number of nitrogen functional groups attached to an aromatic ring is 1. The van der Waals surface area contributed by atoms with E-state index in [-0.39, 0.29) is 41.6 Å². The Bertz CT molecular complexity index is 1850. The van der Waals surface area contributed by atoms with Crippen molar-refractivity contribution < 1.29 is 85.3 Å². The highest BCUT2D eigenvalue weighted by Crippen LogP contribution is 2.61. The normalized spacial score (nSPS) is 21.4. The first kappa shape index (κ1) is 48.6. The summed E-state index contributed by atoms with van der Waals surface area (Å²) in [6.45, 7) is 0.441.